The summed E-state index contributed by atoms with van der Waals surface area (Å²) < 4.78 is 38.2. The number of hydrogen-bond donors (Lipinski definition) is 0. The van der Waals surface area contributed by atoms with E-state index < -0.39 is 17.5 Å². The molecule has 2 rings (SSSR count). The SMILES string of the molecule is Fc1cc2n[c]ncc2c(F)c1F. The largest absolute Gasteiger partial charge is 0.233 e. The van der Waals surface area contributed by atoms with E-state index in [-0.39, 0.29) is 10.9 Å². The van der Waals surface area contributed by atoms with E-state index in [4.69, 9.17) is 0 Å². The molecule has 2 nitrogen and oxygen atoms in total. The minimum absolute atomic E-state index is 0.00796. The fraction of sp³-hybridized carbons (Fsp3) is 0. The summed E-state index contributed by atoms with van der Waals surface area (Å²) in [5, 5.41) is -0.155. The topological polar surface area (TPSA) is 25.8 Å². The molecule has 0 aliphatic heterocycles. The van der Waals surface area contributed by atoms with Gasteiger partial charge in [-0.15, -0.1) is 0 Å². The van der Waals surface area contributed by atoms with Crippen molar-refractivity contribution in [2.75, 3.05) is 0 Å². The third-order valence-corrected chi connectivity index (χ3v) is 1.60. The van der Waals surface area contributed by atoms with Gasteiger partial charge in [-0.25, -0.2) is 23.1 Å². The van der Waals surface area contributed by atoms with E-state index in [9.17, 15) is 13.2 Å². The highest BCUT2D eigenvalue weighted by Crippen LogP contribution is 2.19. The van der Waals surface area contributed by atoms with Gasteiger partial charge in [0.1, 0.15) is 0 Å². The van der Waals surface area contributed by atoms with Gasteiger partial charge in [-0.2, -0.15) is 0 Å². The second-order valence-corrected chi connectivity index (χ2v) is 2.39. The average Bonchev–Trinajstić information content (AvgIpc) is 2.15. The standard InChI is InChI=1S/C8H2F3N2/c9-5-1-6-4(2-12-3-13-6)7(10)8(5)11/h1-2H. The summed E-state index contributed by atoms with van der Waals surface area (Å²) in [7, 11) is 0. The Morgan fingerprint density at radius 2 is 1.92 bits per heavy atom. The lowest BCUT2D eigenvalue weighted by Crippen LogP contribution is -1.94. The first-order chi connectivity index (χ1) is 6.20. The van der Waals surface area contributed by atoms with Crippen LogP contribution in [0, 0.1) is 23.8 Å². The molecule has 1 heterocycles. The molecule has 5 heteroatoms. The Balaban J connectivity index is 2.94. The van der Waals surface area contributed by atoms with Crippen LogP contribution in [0.4, 0.5) is 13.2 Å². The quantitative estimate of drug-likeness (QED) is 0.582. The number of hydrogen-bond acceptors (Lipinski definition) is 2. The first-order valence-corrected chi connectivity index (χ1v) is 3.36. The maximum absolute atomic E-state index is 13.0. The van der Waals surface area contributed by atoms with Crippen molar-refractivity contribution in [1.82, 2.24) is 9.97 Å². The van der Waals surface area contributed by atoms with E-state index in [1.54, 1.807) is 0 Å². The molecule has 1 radical (unpaired) electrons. The van der Waals surface area contributed by atoms with E-state index in [0.29, 0.717) is 0 Å². The Hall–Kier alpha value is -1.65. The molecule has 2 aromatic rings. The van der Waals surface area contributed by atoms with Gasteiger partial charge in [0.2, 0.25) is 0 Å². The molecule has 0 saturated carbocycles. The number of benzene rings is 1. The number of aromatic nitrogens is 2. The predicted octanol–water partition coefficient (Wildman–Crippen LogP) is 1.85. The van der Waals surface area contributed by atoms with Crippen LogP contribution in [0.1, 0.15) is 0 Å². The number of halogens is 3. The van der Waals surface area contributed by atoms with E-state index in [1.165, 1.54) is 0 Å². The molecule has 0 fully saturated rings. The van der Waals surface area contributed by atoms with Gasteiger partial charge in [-0.3, -0.25) is 0 Å². The molecule has 0 saturated heterocycles. The van der Waals surface area contributed by atoms with Gasteiger partial charge in [0, 0.05) is 12.3 Å². The van der Waals surface area contributed by atoms with Crippen LogP contribution < -0.4 is 0 Å². The summed E-state index contributed by atoms with van der Waals surface area (Å²) in [6.45, 7) is 0. The monoisotopic (exact) mass is 183 g/mol. The third-order valence-electron chi connectivity index (χ3n) is 1.60. The van der Waals surface area contributed by atoms with Crippen molar-refractivity contribution < 1.29 is 13.2 Å². The minimum Gasteiger partial charge on any atom is -0.233 e. The number of nitrogens with zero attached hydrogens (tertiary/aromatic N) is 2. The average molecular weight is 183 g/mol. The summed E-state index contributed by atoms with van der Waals surface area (Å²) in [6, 6.07) is 0.798. The Morgan fingerprint density at radius 1 is 1.15 bits per heavy atom. The first kappa shape index (κ1) is 7.97. The van der Waals surface area contributed by atoms with Crippen molar-refractivity contribution in [1.29, 1.82) is 0 Å². The molecular formula is C8H2F3N2. The molecule has 1 aromatic heterocycles. The molecular weight excluding hydrogens is 181 g/mol. The van der Waals surface area contributed by atoms with Crippen molar-refractivity contribution >= 4 is 10.9 Å². The fourth-order valence-corrected chi connectivity index (χ4v) is 0.988. The highest BCUT2D eigenvalue weighted by atomic mass is 19.2. The third kappa shape index (κ3) is 1.12. The van der Waals surface area contributed by atoms with Gasteiger partial charge in [-0.1, -0.05) is 0 Å². The summed E-state index contributed by atoms with van der Waals surface area (Å²) in [4.78, 5) is 6.84. The lowest BCUT2D eigenvalue weighted by molar-refractivity contribution is 0.453. The van der Waals surface area contributed by atoms with Gasteiger partial charge in [0.05, 0.1) is 10.9 Å². The van der Waals surface area contributed by atoms with Crippen LogP contribution in [0.2, 0.25) is 0 Å². The summed E-state index contributed by atoms with van der Waals surface area (Å²) in [6.07, 6.45) is 3.20. The minimum atomic E-state index is -1.51. The second kappa shape index (κ2) is 2.69. The molecule has 0 unspecified atom stereocenters. The Morgan fingerprint density at radius 3 is 2.69 bits per heavy atom. The zero-order chi connectivity index (χ0) is 9.42. The van der Waals surface area contributed by atoms with Crippen molar-refractivity contribution in [3.8, 4) is 0 Å². The van der Waals surface area contributed by atoms with Crippen LogP contribution in [0.15, 0.2) is 12.3 Å². The predicted molar refractivity (Wildman–Crippen MR) is 38.2 cm³/mol. The van der Waals surface area contributed by atoms with Crippen LogP contribution in [0.5, 0.6) is 0 Å². The van der Waals surface area contributed by atoms with Crippen molar-refractivity contribution in [3.63, 3.8) is 0 Å². The maximum Gasteiger partial charge on any atom is 0.198 e. The molecule has 0 amide bonds. The van der Waals surface area contributed by atoms with Crippen molar-refractivity contribution in [3.05, 3.63) is 36.0 Å². The molecule has 0 bridgehead atoms. The van der Waals surface area contributed by atoms with Crippen LogP contribution in [-0.2, 0) is 0 Å². The second-order valence-electron chi connectivity index (χ2n) is 2.39. The Kier molecular flexibility index (Phi) is 1.65. The zero-order valence-corrected chi connectivity index (χ0v) is 6.18. The van der Waals surface area contributed by atoms with E-state index in [0.717, 1.165) is 12.3 Å². The van der Waals surface area contributed by atoms with Crippen molar-refractivity contribution in [2.45, 2.75) is 0 Å². The smallest absolute Gasteiger partial charge is 0.198 e. The first-order valence-electron chi connectivity index (χ1n) is 3.36. The lowest BCUT2D eigenvalue weighted by Gasteiger charge is -1.98. The normalized spacial score (nSPS) is 10.7. The molecule has 65 valence electrons. The fourth-order valence-electron chi connectivity index (χ4n) is 0.988. The summed E-state index contributed by atoms with van der Waals surface area (Å²) in [5.41, 5.74) is -0.00796. The molecule has 13 heavy (non-hydrogen) atoms. The maximum atomic E-state index is 13.0. The molecule has 0 aliphatic carbocycles. The van der Waals surface area contributed by atoms with E-state index >= 15 is 0 Å². The number of fused-ring (bicyclic) bond motifs is 1. The van der Waals surface area contributed by atoms with E-state index in [1.807, 2.05) is 0 Å². The van der Waals surface area contributed by atoms with Crippen LogP contribution >= 0.6 is 0 Å². The highest BCUT2D eigenvalue weighted by Gasteiger charge is 2.13. The number of rotatable bonds is 0. The Bertz CT molecular complexity index is 470. The highest BCUT2D eigenvalue weighted by molar-refractivity contribution is 5.78. The molecule has 0 N–H and O–H groups in total. The summed E-state index contributed by atoms with van der Waals surface area (Å²) in [5.74, 6) is -4.05. The van der Waals surface area contributed by atoms with Gasteiger partial charge >= 0.3 is 0 Å². The van der Waals surface area contributed by atoms with Gasteiger partial charge in [-0.05, 0) is 0 Å². The zero-order valence-electron chi connectivity index (χ0n) is 6.18. The Labute approximate surface area is 71.0 Å². The van der Waals surface area contributed by atoms with Gasteiger partial charge in [0.15, 0.2) is 23.8 Å². The van der Waals surface area contributed by atoms with Crippen molar-refractivity contribution in [2.24, 2.45) is 0 Å². The lowest BCUT2D eigenvalue weighted by atomic mass is 10.2. The van der Waals surface area contributed by atoms with Crippen LogP contribution in [-0.4, -0.2) is 9.97 Å². The summed E-state index contributed by atoms with van der Waals surface area (Å²) >= 11 is 0. The molecule has 1 aromatic carbocycles. The molecule has 0 aliphatic rings. The van der Waals surface area contributed by atoms with E-state index in [2.05, 4.69) is 16.3 Å². The molecule has 0 spiro atoms. The van der Waals surface area contributed by atoms with Crippen LogP contribution in [0.25, 0.3) is 10.9 Å². The van der Waals surface area contributed by atoms with Gasteiger partial charge < -0.3 is 0 Å². The van der Waals surface area contributed by atoms with Gasteiger partial charge in [0.25, 0.3) is 0 Å². The molecule has 0 atom stereocenters. The van der Waals surface area contributed by atoms with Crippen LogP contribution in [0.3, 0.4) is 0 Å².